The third-order valence-corrected chi connectivity index (χ3v) is 5.52. The van der Waals surface area contributed by atoms with E-state index in [0.717, 1.165) is 67.4 Å². The largest absolute Gasteiger partial charge is 0.466 e. The molecule has 3 heteroatoms. The van der Waals surface area contributed by atoms with E-state index in [1.54, 1.807) is 0 Å². The normalized spacial score (nSPS) is 16.2. The van der Waals surface area contributed by atoms with Gasteiger partial charge in [0.2, 0.25) is 0 Å². The number of ether oxygens (including phenoxy) is 1. The highest BCUT2D eigenvalue weighted by atomic mass is 16.5. The maximum absolute atomic E-state index is 6.18. The maximum Gasteiger partial charge on any atom is 0.191 e. The van der Waals surface area contributed by atoms with Crippen LogP contribution in [0, 0.1) is 6.92 Å². The SMILES string of the molecule is CCC/C=C(\C)OC1=C(C)c2ccc3c(c2CC1)CCc1oc(C)nc1-3. The van der Waals surface area contributed by atoms with Crippen molar-refractivity contribution >= 4 is 5.57 Å². The topological polar surface area (TPSA) is 35.3 Å². The molecule has 2 aliphatic carbocycles. The van der Waals surface area contributed by atoms with Gasteiger partial charge >= 0.3 is 0 Å². The molecule has 0 bridgehead atoms. The van der Waals surface area contributed by atoms with E-state index in [9.17, 15) is 0 Å². The van der Waals surface area contributed by atoms with Crippen LogP contribution in [-0.4, -0.2) is 4.98 Å². The lowest BCUT2D eigenvalue weighted by Crippen LogP contribution is -2.13. The van der Waals surface area contributed by atoms with E-state index < -0.39 is 0 Å². The average molecular weight is 349 g/mol. The lowest BCUT2D eigenvalue weighted by atomic mass is 9.80. The van der Waals surface area contributed by atoms with Crippen molar-refractivity contribution in [1.82, 2.24) is 4.98 Å². The molecule has 0 radical (unpaired) electrons. The number of hydrogen-bond donors (Lipinski definition) is 0. The summed E-state index contributed by atoms with van der Waals surface area (Å²) in [7, 11) is 0. The van der Waals surface area contributed by atoms with Crippen LogP contribution in [0.25, 0.3) is 16.8 Å². The molecule has 0 saturated carbocycles. The highest BCUT2D eigenvalue weighted by molar-refractivity contribution is 5.78. The van der Waals surface area contributed by atoms with Crippen molar-refractivity contribution in [3.05, 3.63) is 58.1 Å². The van der Waals surface area contributed by atoms with Crippen LogP contribution in [0.15, 0.2) is 34.1 Å². The fourth-order valence-corrected chi connectivity index (χ4v) is 4.21. The molecule has 1 aromatic heterocycles. The smallest absolute Gasteiger partial charge is 0.191 e. The van der Waals surface area contributed by atoms with Gasteiger partial charge in [0, 0.05) is 25.3 Å². The van der Waals surface area contributed by atoms with Gasteiger partial charge < -0.3 is 9.15 Å². The Morgan fingerprint density at radius 3 is 2.65 bits per heavy atom. The van der Waals surface area contributed by atoms with Crippen molar-refractivity contribution in [2.24, 2.45) is 0 Å². The summed E-state index contributed by atoms with van der Waals surface area (Å²) in [5, 5.41) is 0. The molecular weight excluding hydrogens is 322 g/mol. The van der Waals surface area contributed by atoms with Gasteiger partial charge in [0.25, 0.3) is 0 Å². The Kier molecular flexibility index (Phi) is 4.47. The number of benzene rings is 1. The minimum atomic E-state index is 0.765. The summed E-state index contributed by atoms with van der Waals surface area (Å²) in [4.78, 5) is 4.63. The van der Waals surface area contributed by atoms with Crippen LogP contribution in [0.4, 0.5) is 0 Å². The van der Waals surface area contributed by atoms with Crippen molar-refractivity contribution < 1.29 is 9.15 Å². The number of aromatic nitrogens is 1. The lowest BCUT2D eigenvalue weighted by Gasteiger charge is -2.27. The van der Waals surface area contributed by atoms with Crippen molar-refractivity contribution in [1.29, 1.82) is 0 Å². The van der Waals surface area contributed by atoms with E-state index >= 15 is 0 Å². The van der Waals surface area contributed by atoms with Gasteiger partial charge in [-0.2, -0.15) is 0 Å². The Labute approximate surface area is 155 Å². The second-order valence-corrected chi connectivity index (χ2v) is 7.38. The van der Waals surface area contributed by atoms with Crippen molar-refractivity contribution in [2.75, 3.05) is 0 Å². The standard InChI is InChI=1S/C23H27NO2/c1-5-6-7-14(2)25-21-12-10-18-17(15(21)3)8-9-20-19(18)11-13-22-23(20)24-16(4)26-22/h7-9H,5-6,10-13H2,1-4H3/b14-7+. The van der Waals surface area contributed by atoms with Crippen LogP contribution >= 0.6 is 0 Å². The van der Waals surface area contributed by atoms with Crippen molar-refractivity contribution in [3.63, 3.8) is 0 Å². The predicted molar refractivity (Wildman–Crippen MR) is 105 cm³/mol. The second-order valence-electron chi connectivity index (χ2n) is 7.38. The Hall–Kier alpha value is -2.29. The molecule has 1 heterocycles. The first-order valence-corrected chi connectivity index (χ1v) is 9.74. The summed E-state index contributed by atoms with van der Waals surface area (Å²) in [6.07, 6.45) is 8.41. The van der Waals surface area contributed by atoms with Crippen LogP contribution in [0.5, 0.6) is 0 Å². The molecule has 4 rings (SSSR count). The van der Waals surface area contributed by atoms with E-state index in [4.69, 9.17) is 9.15 Å². The van der Waals surface area contributed by atoms with E-state index in [1.807, 2.05) is 6.92 Å². The zero-order chi connectivity index (χ0) is 18.3. The van der Waals surface area contributed by atoms with E-state index in [0.29, 0.717) is 0 Å². The molecule has 0 fully saturated rings. The highest BCUT2D eigenvalue weighted by Gasteiger charge is 2.27. The monoisotopic (exact) mass is 349 g/mol. The molecule has 0 atom stereocenters. The van der Waals surface area contributed by atoms with Gasteiger partial charge in [-0.1, -0.05) is 25.5 Å². The first-order valence-electron chi connectivity index (χ1n) is 9.74. The molecule has 2 aliphatic rings. The zero-order valence-electron chi connectivity index (χ0n) is 16.2. The molecule has 2 aromatic rings. The number of nitrogens with zero attached hydrogens (tertiary/aromatic N) is 1. The molecular formula is C23H27NO2. The lowest BCUT2D eigenvalue weighted by molar-refractivity contribution is 0.290. The average Bonchev–Trinajstić information content (AvgIpc) is 3.02. The van der Waals surface area contributed by atoms with Gasteiger partial charge in [-0.05, 0) is 61.4 Å². The summed E-state index contributed by atoms with van der Waals surface area (Å²) in [6.45, 7) is 8.38. The van der Waals surface area contributed by atoms with Gasteiger partial charge in [0.15, 0.2) is 5.89 Å². The Bertz CT molecular complexity index is 915. The van der Waals surface area contributed by atoms with Crippen molar-refractivity contribution in [2.45, 2.75) is 66.2 Å². The van der Waals surface area contributed by atoms with Gasteiger partial charge in [-0.25, -0.2) is 4.98 Å². The number of allylic oxidation sites excluding steroid dienone is 4. The van der Waals surface area contributed by atoms with Crippen LogP contribution in [-0.2, 0) is 24.0 Å². The molecule has 0 amide bonds. The molecule has 0 spiro atoms. The number of oxazole rings is 1. The Morgan fingerprint density at radius 2 is 1.85 bits per heavy atom. The summed E-state index contributed by atoms with van der Waals surface area (Å²) < 4.78 is 12.0. The fraction of sp³-hybridized carbons (Fsp3) is 0.435. The highest BCUT2D eigenvalue weighted by Crippen LogP contribution is 2.41. The number of hydrogen-bond acceptors (Lipinski definition) is 3. The van der Waals surface area contributed by atoms with Gasteiger partial charge in [0.05, 0.1) is 5.76 Å². The minimum Gasteiger partial charge on any atom is -0.466 e. The van der Waals surface area contributed by atoms with Gasteiger partial charge in [0.1, 0.15) is 17.2 Å². The fourth-order valence-electron chi connectivity index (χ4n) is 4.21. The first kappa shape index (κ1) is 17.1. The van der Waals surface area contributed by atoms with E-state index in [-0.39, 0.29) is 0 Å². The number of rotatable bonds is 4. The molecule has 3 nitrogen and oxygen atoms in total. The van der Waals surface area contributed by atoms with Crippen molar-refractivity contribution in [3.8, 4) is 11.3 Å². The number of fused-ring (bicyclic) bond motifs is 5. The summed E-state index contributed by atoms with van der Waals surface area (Å²) in [6, 6.07) is 4.47. The second kappa shape index (κ2) is 6.79. The quantitative estimate of drug-likeness (QED) is 0.621. The predicted octanol–water partition coefficient (Wildman–Crippen LogP) is 6.15. The van der Waals surface area contributed by atoms with E-state index in [2.05, 4.69) is 44.0 Å². The molecule has 0 unspecified atom stereocenters. The Balaban J connectivity index is 1.71. The maximum atomic E-state index is 6.18. The molecule has 0 saturated heterocycles. The summed E-state index contributed by atoms with van der Waals surface area (Å²) in [5.74, 6) is 3.95. The van der Waals surface area contributed by atoms with E-state index in [1.165, 1.54) is 27.8 Å². The third kappa shape index (κ3) is 2.90. The number of unbranched alkanes of at least 4 members (excludes halogenated alkanes) is 1. The molecule has 0 N–H and O–H groups in total. The minimum absolute atomic E-state index is 0.765. The molecule has 136 valence electrons. The number of aryl methyl sites for hydroxylation is 2. The van der Waals surface area contributed by atoms with Crippen LogP contribution in [0.1, 0.15) is 68.4 Å². The van der Waals surface area contributed by atoms with Crippen LogP contribution in [0.2, 0.25) is 0 Å². The first-order chi connectivity index (χ1) is 12.6. The van der Waals surface area contributed by atoms with Crippen LogP contribution < -0.4 is 0 Å². The summed E-state index contributed by atoms with van der Waals surface area (Å²) in [5.41, 5.74) is 7.87. The van der Waals surface area contributed by atoms with Crippen LogP contribution in [0.3, 0.4) is 0 Å². The molecule has 0 aliphatic heterocycles. The summed E-state index contributed by atoms with van der Waals surface area (Å²) >= 11 is 0. The molecule has 26 heavy (non-hydrogen) atoms. The zero-order valence-corrected chi connectivity index (χ0v) is 16.2. The van der Waals surface area contributed by atoms with Gasteiger partial charge in [-0.3, -0.25) is 0 Å². The third-order valence-electron chi connectivity index (χ3n) is 5.52. The van der Waals surface area contributed by atoms with Gasteiger partial charge in [-0.15, -0.1) is 0 Å². The Morgan fingerprint density at radius 1 is 1.12 bits per heavy atom. The molecule has 1 aromatic carbocycles.